The third-order valence-corrected chi connectivity index (χ3v) is 3.68. The SMILES string of the molecule is O=C(/C=C/c1ccc(-c2ccccc2Cl)o1)Nc1ccc(F)cc1F. The lowest BCUT2D eigenvalue weighted by atomic mass is 10.2. The lowest BCUT2D eigenvalue weighted by Crippen LogP contribution is -2.09. The third kappa shape index (κ3) is 4.14. The molecule has 1 N–H and O–H groups in total. The third-order valence-electron chi connectivity index (χ3n) is 3.35. The molecule has 0 bridgehead atoms. The predicted molar refractivity (Wildman–Crippen MR) is 93.2 cm³/mol. The second kappa shape index (κ2) is 7.32. The van der Waals surface area contributed by atoms with E-state index in [0.717, 1.165) is 17.7 Å². The lowest BCUT2D eigenvalue weighted by molar-refractivity contribution is -0.111. The first-order valence-corrected chi connectivity index (χ1v) is 7.69. The second-order valence-corrected chi connectivity index (χ2v) is 5.54. The van der Waals surface area contributed by atoms with Crippen molar-refractivity contribution in [3.05, 3.63) is 83.1 Å². The van der Waals surface area contributed by atoms with Crippen molar-refractivity contribution in [2.75, 3.05) is 5.32 Å². The fourth-order valence-electron chi connectivity index (χ4n) is 2.17. The number of amides is 1. The van der Waals surface area contributed by atoms with Gasteiger partial charge in [0.05, 0.1) is 10.7 Å². The van der Waals surface area contributed by atoms with Crippen LogP contribution >= 0.6 is 11.6 Å². The highest BCUT2D eigenvalue weighted by Gasteiger charge is 2.08. The molecule has 126 valence electrons. The van der Waals surface area contributed by atoms with E-state index in [2.05, 4.69) is 5.32 Å². The molecule has 25 heavy (non-hydrogen) atoms. The summed E-state index contributed by atoms with van der Waals surface area (Å²) in [4.78, 5) is 11.8. The van der Waals surface area contributed by atoms with Gasteiger partial charge in [-0.2, -0.15) is 0 Å². The lowest BCUT2D eigenvalue weighted by Gasteiger charge is -2.03. The highest BCUT2D eigenvalue weighted by Crippen LogP contribution is 2.29. The molecular formula is C19H12ClF2NO2. The summed E-state index contributed by atoms with van der Waals surface area (Å²) < 4.78 is 31.9. The average molecular weight is 360 g/mol. The van der Waals surface area contributed by atoms with Gasteiger partial charge in [-0.1, -0.05) is 23.7 Å². The standard InChI is InChI=1S/C19H12ClF2NO2/c20-15-4-2-1-3-14(15)18-9-6-13(25-18)7-10-19(24)23-17-8-5-12(21)11-16(17)22/h1-11H,(H,23,24)/b10-7+. The van der Waals surface area contributed by atoms with Crippen molar-refractivity contribution in [1.82, 2.24) is 0 Å². The van der Waals surface area contributed by atoms with Crippen LogP contribution in [0.5, 0.6) is 0 Å². The molecule has 0 unspecified atom stereocenters. The minimum absolute atomic E-state index is 0.104. The molecule has 0 aliphatic heterocycles. The number of benzene rings is 2. The van der Waals surface area contributed by atoms with Crippen molar-refractivity contribution in [3.8, 4) is 11.3 Å². The molecule has 1 heterocycles. The Morgan fingerprint density at radius 3 is 2.64 bits per heavy atom. The van der Waals surface area contributed by atoms with Crippen molar-refractivity contribution >= 4 is 29.3 Å². The summed E-state index contributed by atoms with van der Waals surface area (Å²) in [6, 6.07) is 13.5. The Morgan fingerprint density at radius 2 is 1.88 bits per heavy atom. The Labute approximate surface area is 147 Å². The van der Waals surface area contributed by atoms with Crippen LogP contribution in [0.25, 0.3) is 17.4 Å². The van der Waals surface area contributed by atoms with Crippen LogP contribution in [-0.4, -0.2) is 5.91 Å². The summed E-state index contributed by atoms with van der Waals surface area (Å²) >= 11 is 6.11. The van der Waals surface area contributed by atoms with Crippen molar-refractivity contribution in [2.24, 2.45) is 0 Å². The Kier molecular flexibility index (Phi) is 4.95. The summed E-state index contributed by atoms with van der Waals surface area (Å²) in [5, 5.41) is 2.88. The number of hydrogen-bond donors (Lipinski definition) is 1. The van der Waals surface area contributed by atoms with E-state index < -0.39 is 17.5 Å². The van der Waals surface area contributed by atoms with Gasteiger partial charge in [0.1, 0.15) is 23.2 Å². The molecule has 3 nitrogen and oxygen atoms in total. The number of anilines is 1. The summed E-state index contributed by atoms with van der Waals surface area (Å²) in [5.41, 5.74) is 0.633. The summed E-state index contributed by atoms with van der Waals surface area (Å²) in [6.07, 6.45) is 2.63. The maximum absolute atomic E-state index is 13.5. The van der Waals surface area contributed by atoms with Gasteiger partial charge in [0.25, 0.3) is 0 Å². The van der Waals surface area contributed by atoms with Crippen LogP contribution in [0.2, 0.25) is 5.02 Å². The van der Waals surface area contributed by atoms with E-state index in [1.807, 2.05) is 18.2 Å². The molecule has 3 aromatic rings. The molecule has 0 aliphatic carbocycles. The zero-order valence-electron chi connectivity index (χ0n) is 12.8. The maximum Gasteiger partial charge on any atom is 0.248 e. The molecular weight excluding hydrogens is 348 g/mol. The second-order valence-electron chi connectivity index (χ2n) is 5.13. The highest BCUT2D eigenvalue weighted by molar-refractivity contribution is 6.33. The number of rotatable bonds is 4. The molecule has 0 fully saturated rings. The Morgan fingerprint density at radius 1 is 1.08 bits per heavy atom. The maximum atomic E-state index is 13.5. The minimum atomic E-state index is -0.847. The van der Waals surface area contributed by atoms with Crippen LogP contribution in [-0.2, 0) is 4.79 Å². The molecule has 0 saturated carbocycles. The zero-order valence-corrected chi connectivity index (χ0v) is 13.6. The number of carbonyl (C=O) groups excluding carboxylic acids is 1. The first kappa shape index (κ1) is 16.9. The van der Waals surface area contributed by atoms with E-state index in [-0.39, 0.29) is 5.69 Å². The molecule has 0 atom stereocenters. The molecule has 6 heteroatoms. The molecule has 1 aromatic heterocycles. The van der Waals surface area contributed by atoms with Gasteiger partial charge in [-0.3, -0.25) is 4.79 Å². The van der Waals surface area contributed by atoms with E-state index in [0.29, 0.717) is 22.6 Å². The Balaban J connectivity index is 1.70. The van der Waals surface area contributed by atoms with Crippen LogP contribution in [0, 0.1) is 11.6 Å². The predicted octanol–water partition coefficient (Wildman–Crippen LogP) is 5.53. The van der Waals surface area contributed by atoms with Gasteiger partial charge in [0.2, 0.25) is 5.91 Å². The molecule has 1 amide bonds. The van der Waals surface area contributed by atoms with Crippen molar-refractivity contribution in [3.63, 3.8) is 0 Å². The summed E-state index contributed by atoms with van der Waals surface area (Å²) in [7, 11) is 0. The Hall–Kier alpha value is -2.92. The van der Waals surface area contributed by atoms with Gasteiger partial charge in [0.15, 0.2) is 0 Å². The van der Waals surface area contributed by atoms with Crippen LogP contribution in [0.4, 0.5) is 14.5 Å². The summed E-state index contributed by atoms with van der Waals surface area (Å²) in [6.45, 7) is 0. The van der Waals surface area contributed by atoms with Crippen LogP contribution < -0.4 is 5.32 Å². The fraction of sp³-hybridized carbons (Fsp3) is 0. The van der Waals surface area contributed by atoms with E-state index in [1.165, 1.54) is 12.2 Å². The zero-order chi connectivity index (χ0) is 17.8. The quantitative estimate of drug-likeness (QED) is 0.622. The fourth-order valence-corrected chi connectivity index (χ4v) is 2.40. The van der Waals surface area contributed by atoms with Gasteiger partial charge < -0.3 is 9.73 Å². The first-order valence-electron chi connectivity index (χ1n) is 7.32. The van der Waals surface area contributed by atoms with Gasteiger partial charge in [-0.15, -0.1) is 0 Å². The van der Waals surface area contributed by atoms with E-state index in [1.54, 1.807) is 18.2 Å². The molecule has 0 radical (unpaired) electrons. The van der Waals surface area contributed by atoms with Crippen LogP contribution in [0.1, 0.15) is 5.76 Å². The number of furan rings is 1. The van der Waals surface area contributed by atoms with Crippen LogP contribution in [0.15, 0.2) is 65.1 Å². The van der Waals surface area contributed by atoms with Gasteiger partial charge >= 0.3 is 0 Å². The van der Waals surface area contributed by atoms with Gasteiger partial charge in [-0.05, 0) is 42.5 Å². The largest absolute Gasteiger partial charge is 0.457 e. The Bertz CT molecular complexity index is 950. The highest BCUT2D eigenvalue weighted by atomic mass is 35.5. The molecule has 2 aromatic carbocycles. The summed E-state index contributed by atoms with van der Waals surface area (Å²) in [5.74, 6) is -1.13. The molecule has 0 spiro atoms. The normalized spacial score (nSPS) is 11.0. The van der Waals surface area contributed by atoms with Gasteiger partial charge in [-0.25, -0.2) is 8.78 Å². The van der Waals surface area contributed by atoms with Crippen molar-refractivity contribution in [1.29, 1.82) is 0 Å². The monoisotopic (exact) mass is 359 g/mol. The van der Waals surface area contributed by atoms with Crippen molar-refractivity contribution < 1.29 is 18.0 Å². The number of halogens is 3. The van der Waals surface area contributed by atoms with E-state index in [9.17, 15) is 13.6 Å². The topological polar surface area (TPSA) is 42.2 Å². The van der Waals surface area contributed by atoms with Crippen molar-refractivity contribution in [2.45, 2.75) is 0 Å². The van der Waals surface area contributed by atoms with E-state index >= 15 is 0 Å². The minimum Gasteiger partial charge on any atom is -0.457 e. The van der Waals surface area contributed by atoms with Crippen LogP contribution in [0.3, 0.4) is 0 Å². The van der Waals surface area contributed by atoms with E-state index in [4.69, 9.17) is 16.0 Å². The number of nitrogens with one attached hydrogen (secondary N) is 1. The molecule has 3 rings (SSSR count). The number of hydrogen-bond acceptors (Lipinski definition) is 2. The first-order chi connectivity index (χ1) is 12.0. The number of carbonyl (C=O) groups is 1. The molecule has 0 saturated heterocycles. The molecule has 0 aliphatic rings. The van der Waals surface area contributed by atoms with Gasteiger partial charge in [0, 0.05) is 17.7 Å². The average Bonchev–Trinajstić information content (AvgIpc) is 3.05. The smallest absolute Gasteiger partial charge is 0.248 e.